The number of aryl methyl sites for hydroxylation is 1. The van der Waals surface area contributed by atoms with E-state index in [-0.39, 0.29) is 6.04 Å². The second kappa shape index (κ2) is 6.50. The van der Waals surface area contributed by atoms with Gasteiger partial charge in [-0.1, -0.05) is 33.6 Å². The molecule has 0 saturated carbocycles. The molecule has 0 fully saturated rings. The zero-order chi connectivity index (χ0) is 13.8. The molecule has 1 heterocycles. The number of benzene rings is 1. The molecule has 2 rings (SSSR count). The summed E-state index contributed by atoms with van der Waals surface area (Å²) in [5.74, 6) is 0.851. The van der Waals surface area contributed by atoms with Crippen molar-refractivity contribution in [2.45, 2.75) is 19.4 Å². The molecule has 1 aromatic carbocycles. The normalized spacial score (nSPS) is 12.6. The Morgan fingerprint density at radius 3 is 2.89 bits per heavy atom. The van der Waals surface area contributed by atoms with Crippen molar-refractivity contribution >= 4 is 27.5 Å². The van der Waals surface area contributed by atoms with Crippen molar-refractivity contribution in [1.82, 2.24) is 20.1 Å². The summed E-state index contributed by atoms with van der Waals surface area (Å²) in [5, 5.41) is 8.44. The highest BCUT2D eigenvalue weighted by Gasteiger charge is 2.09. The minimum atomic E-state index is 0.198. The van der Waals surface area contributed by atoms with E-state index in [4.69, 9.17) is 11.6 Å². The molecule has 0 amide bonds. The molecule has 1 N–H and O–H groups in total. The third-order valence-electron chi connectivity index (χ3n) is 2.88. The lowest BCUT2D eigenvalue weighted by Gasteiger charge is -2.15. The molecule has 0 aliphatic heterocycles. The third kappa shape index (κ3) is 4.03. The van der Waals surface area contributed by atoms with Crippen LogP contribution in [0, 0.1) is 0 Å². The molecule has 19 heavy (non-hydrogen) atoms. The number of hydrogen-bond acceptors (Lipinski definition) is 3. The molecule has 0 spiro atoms. The van der Waals surface area contributed by atoms with Gasteiger partial charge < -0.3 is 5.32 Å². The summed E-state index contributed by atoms with van der Waals surface area (Å²) in [6.07, 6.45) is 2.52. The molecule has 0 radical (unpaired) electrons. The van der Waals surface area contributed by atoms with Crippen LogP contribution in [-0.2, 0) is 13.5 Å². The predicted molar refractivity (Wildman–Crippen MR) is 80.3 cm³/mol. The van der Waals surface area contributed by atoms with Crippen molar-refractivity contribution in [2.24, 2.45) is 7.05 Å². The van der Waals surface area contributed by atoms with Crippen LogP contribution >= 0.6 is 27.5 Å². The van der Waals surface area contributed by atoms with Crippen LogP contribution in [0.1, 0.15) is 24.4 Å². The first-order valence-corrected chi connectivity index (χ1v) is 7.26. The lowest BCUT2D eigenvalue weighted by molar-refractivity contribution is 0.568. The van der Waals surface area contributed by atoms with Crippen LogP contribution in [0.2, 0.25) is 5.02 Å². The number of aromatic nitrogens is 3. The van der Waals surface area contributed by atoms with Crippen molar-refractivity contribution in [1.29, 1.82) is 0 Å². The van der Waals surface area contributed by atoms with Gasteiger partial charge in [0.2, 0.25) is 0 Å². The molecular formula is C13H16BrClN4. The Kier molecular flexibility index (Phi) is 4.96. The molecule has 1 unspecified atom stereocenters. The van der Waals surface area contributed by atoms with E-state index in [2.05, 4.69) is 38.3 Å². The highest BCUT2D eigenvalue weighted by atomic mass is 79.9. The zero-order valence-corrected chi connectivity index (χ0v) is 13.2. The lowest BCUT2D eigenvalue weighted by atomic mass is 10.1. The molecule has 0 aliphatic rings. The van der Waals surface area contributed by atoms with Gasteiger partial charge in [0.05, 0.1) is 0 Å². The Labute approximate surface area is 126 Å². The molecule has 0 aliphatic carbocycles. The topological polar surface area (TPSA) is 42.7 Å². The maximum absolute atomic E-state index is 6.23. The second-order valence-corrected chi connectivity index (χ2v) is 5.75. The average molecular weight is 344 g/mol. The second-order valence-electron chi connectivity index (χ2n) is 4.43. The van der Waals surface area contributed by atoms with Gasteiger partial charge in [-0.2, -0.15) is 5.10 Å². The van der Waals surface area contributed by atoms with Gasteiger partial charge in [0.15, 0.2) is 5.82 Å². The largest absolute Gasteiger partial charge is 0.310 e. The van der Waals surface area contributed by atoms with Crippen LogP contribution in [0.3, 0.4) is 0 Å². The van der Waals surface area contributed by atoms with Gasteiger partial charge in [-0.25, -0.2) is 4.98 Å². The van der Waals surface area contributed by atoms with Crippen molar-refractivity contribution in [3.8, 4) is 0 Å². The molecule has 1 atom stereocenters. The molecule has 0 saturated heterocycles. The van der Waals surface area contributed by atoms with E-state index >= 15 is 0 Å². The van der Waals surface area contributed by atoms with Gasteiger partial charge in [-0.15, -0.1) is 0 Å². The van der Waals surface area contributed by atoms with Gasteiger partial charge in [0.1, 0.15) is 6.33 Å². The molecule has 102 valence electrons. The molecule has 1 aromatic heterocycles. The van der Waals surface area contributed by atoms with Gasteiger partial charge >= 0.3 is 0 Å². The summed E-state index contributed by atoms with van der Waals surface area (Å²) in [4.78, 5) is 4.19. The Morgan fingerprint density at radius 2 is 2.26 bits per heavy atom. The van der Waals surface area contributed by atoms with Crippen LogP contribution in [0.5, 0.6) is 0 Å². The van der Waals surface area contributed by atoms with E-state index in [1.807, 2.05) is 25.2 Å². The number of nitrogens with zero attached hydrogens (tertiary/aromatic N) is 3. The van der Waals surface area contributed by atoms with Gasteiger partial charge in [0.25, 0.3) is 0 Å². The van der Waals surface area contributed by atoms with E-state index in [0.29, 0.717) is 0 Å². The highest BCUT2D eigenvalue weighted by Crippen LogP contribution is 2.26. The fourth-order valence-corrected chi connectivity index (χ4v) is 2.70. The SMILES string of the molecule is CC(NCCc1ncn(C)n1)c1ccc(Br)cc1Cl. The Bertz CT molecular complexity index is 555. The minimum Gasteiger partial charge on any atom is -0.310 e. The van der Waals surface area contributed by atoms with Gasteiger partial charge in [-0.05, 0) is 24.6 Å². The zero-order valence-electron chi connectivity index (χ0n) is 10.9. The summed E-state index contributed by atoms with van der Waals surface area (Å²) in [6, 6.07) is 6.14. The molecule has 6 heteroatoms. The van der Waals surface area contributed by atoms with Crippen LogP contribution in [-0.4, -0.2) is 21.3 Å². The highest BCUT2D eigenvalue weighted by molar-refractivity contribution is 9.10. The van der Waals surface area contributed by atoms with Crippen molar-refractivity contribution in [3.63, 3.8) is 0 Å². The quantitative estimate of drug-likeness (QED) is 0.907. The first-order valence-electron chi connectivity index (χ1n) is 6.09. The minimum absolute atomic E-state index is 0.198. The van der Waals surface area contributed by atoms with Crippen LogP contribution < -0.4 is 5.32 Å². The molecular weight excluding hydrogens is 328 g/mol. The fraction of sp³-hybridized carbons (Fsp3) is 0.385. The summed E-state index contributed by atoms with van der Waals surface area (Å²) in [7, 11) is 1.87. The van der Waals surface area contributed by atoms with Crippen LogP contribution in [0.4, 0.5) is 0 Å². The van der Waals surface area contributed by atoms with Gasteiger partial charge in [0, 0.05) is 35.6 Å². The Balaban J connectivity index is 1.88. The standard InChI is InChI=1S/C13H16BrClN4/c1-9(11-4-3-10(14)7-12(11)15)16-6-5-13-17-8-19(2)18-13/h3-4,7-9,16H,5-6H2,1-2H3. The van der Waals surface area contributed by atoms with E-state index in [9.17, 15) is 0 Å². The lowest BCUT2D eigenvalue weighted by Crippen LogP contribution is -2.22. The molecule has 4 nitrogen and oxygen atoms in total. The monoisotopic (exact) mass is 342 g/mol. The maximum atomic E-state index is 6.23. The molecule has 0 bridgehead atoms. The number of hydrogen-bond donors (Lipinski definition) is 1. The first kappa shape index (κ1) is 14.5. The number of nitrogens with one attached hydrogen (secondary N) is 1. The van der Waals surface area contributed by atoms with Crippen molar-refractivity contribution in [2.75, 3.05) is 6.54 Å². The average Bonchev–Trinajstić information content (AvgIpc) is 2.75. The van der Waals surface area contributed by atoms with Crippen molar-refractivity contribution < 1.29 is 0 Å². The van der Waals surface area contributed by atoms with Crippen LogP contribution in [0.15, 0.2) is 29.0 Å². The first-order chi connectivity index (χ1) is 9.06. The summed E-state index contributed by atoms with van der Waals surface area (Å²) in [6.45, 7) is 2.92. The van der Waals surface area contributed by atoms with E-state index < -0.39 is 0 Å². The summed E-state index contributed by atoms with van der Waals surface area (Å²) in [5.41, 5.74) is 1.10. The third-order valence-corrected chi connectivity index (χ3v) is 3.70. The van der Waals surface area contributed by atoms with E-state index in [0.717, 1.165) is 33.8 Å². The Hall–Kier alpha value is -0.910. The van der Waals surface area contributed by atoms with Crippen LogP contribution in [0.25, 0.3) is 0 Å². The summed E-state index contributed by atoms with van der Waals surface area (Å²) < 4.78 is 2.70. The smallest absolute Gasteiger partial charge is 0.151 e. The van der Waals surface area contributed by atoms with Gasteiger partial charge in [-0.3, -0.25) is 4.68 Å². The molecule has 2 aromatic rings. The Morgan fingerprint density at radius 1 is 1.47 bits per heavy atom. The fourth-order valence-electron chi connectivity index (χ4n) is 1.86. The maximum Gasteiger partial charge on any atom is 0.151 e. The van der Waals surface area contributed by atoms with Crippen molar-refractivity contribution in [3.05, 3.63) is 45.4 Å². The number of rotatable bonds is 5. The number of halogens is 2. The summed E-state index contributed by atoms with van der Waals surface area (Å²) >= 11 is 9.63. The van der Waals surface area contributed by atoms with E-state index in [1.54, 1.807) is 11.0 Å². The predicted octanol–water partition coefficient (Wildman–Crippen LogP) is 3.12. The van der Waals surface area contributed by atoms with E-state index in [1.165, 1.54) is 0 Å².